The van der Waals surface area contributed by atoms with Gasteiger partial charge in [-0.15, -0.1) is 0 Å². The van der Waals surface area contributed by atoms with E-state index in [1.165, 1.54) is 19.2 Å². The lowest BCUT2D eigenvalue weighted by Crippen LogP contribution is -2.59. The van der Waals surface area contributed by atoms with Gasteiger partial charge in [0.05, 0.1) is 12.6 Å². The monoisotopic (exact) mass is 452 g/mol. The number of anilines is 2. The molecule has 1 saturated carbocycles. The van der Waals surface area contributed by atoms with Gasteiger partial charge in [0.1, 0.15) is 11.9 Å². The van der Waals surface area contributed by atoms with Crippen molar-refractivity contribution in [2.45, 2.75) is 57.7 Å². The fourth-order valence-corrected chi connectivity index (χ4v) is 4.72. The van der Waals surface area contributed by atoms with E-state index in [4.69, 9.17) is 5.73 Å². The summed E-state index contributed by atoms with van der Waals surface area (Å²) in [7, 11) is 0. The topological polar surface area (TPSA) is 128 Å². The number of piperidine rings is 1. The summed E-state index contributed by atoms with van der Waals surface area (Å²) in [6.45, 7) is 6.13. The summed E-state index contributed by atoms with van der Waals surface area (Å²) < 4.78 is 15.3. The number of nitrogens with two attached hydrogens (primary N) is 1. The first-order valence-electron chi connectivity index (χ1n) is 11.6. The summed E-state index contributed by atoms with van der Waals surface area (Å²) in [5.41, 5.74) is 3.74. The van der Waals surface area contributed by atoms with Crippen LogP contribution in [0.2, 0.25) is 0 Å². The molecule has 1 aliphatic heterocycles. The molecule has 32 heavy (non-hydrogen) atoms. The molecule has 0 radical (unpaired) electrons. The van der Waals surface area contributed by atoms with Crippen LogP contribution in [-0.2, 0) is 4.79 Å². The Morgan fingerprint density at radius 2 is 2.09 bits per heavy atom. The zero-order chi connectivity index (χ0) is 23.3. The molecule has 3 rings (SSSR count). The van der Waals surface area contributed by atoms with Gasteiger partial charge in [-0.2, -0.15) is 4.39 Å². The number of rotatable bonds is 9. The number of β-amino-alcohol motifs (C(OH)–C–C–N with tert-alkyl or cyclic N) is 1. The molecule has 10 heteroatoms. The summed E-state index contributed by atoms with van der Waals surface area (Å²) in [5, 5.41) is 24.2. The van der Waals surface area contributed by atoms with Crippen molar-refractivity contribution in [1.82, 2.24) is 14.9 Å². The number of primary amides is 1. The quantitative estimate of drug-likeness (QED) is 0.436. The normalized spacial score (nSPS) is 29.0. The van der Waals surface area contributed by atoms with Crippen molar-refractivity contribution in [2.24, 2.45) is 17.6 Å². The van der Waals surface area contributed by atoms with Crippen molar-refractivity contribution in [2.75, 3.05) is 49.5 Å². The second-order valence-electron chi connectivity index (χ2n) is 9.45. The molecule has 2 atom stereocenters. The van der Waals surface area contributed by atoms with Gasteiger partial charge in [0, 0.05) is 32.7 Å². The number of aromatic nitrogens is 2. The van der Waals surface area contributed by atoms with Crippen LogP contribution in [0.5, 0.6) is 0 Å². The zero-order valence-corrected chi connectivity index (χ0v) is 19.1. The fourth-order valence-electron chi connectivity index (χ4n) is 4.72. The molecular formula is C22H37FN6O3. The van der Waals surface area contributed by atoms with E-state index < -0.39 is 23.4 Å². The molecule has 180 valence electrons. The van der Waals surface area contributed by atoms with Gasteiger partial charge in [-0.25, -0.2) is 9.97 Å². The Morgan fingerprint density at radius 3 is 2.72 bits per heavy atom. The van der Waals surface area contributed by atoms with Gasteiger partial charge < -0.3 is 26.2 Å². The molecule has 9 nitrogen and oxygen atoms in total. The maximum atomic E-state index is 15.3. The van der Waals surface area contributed by atoms with Crippen molar-refractivity contribution in [3.8, 4) is 0 Å². The predicted octanol–water partition coefficient (Wildman–Crippen LogP) is 0.963. The van der Waals surface area contributed by atoms with Crippen LogP contribution < -0.4 is 16.0 Å². The number of nitrogens with one attached hydrogen (secondary N) is 1. The van der Waals surface area contributed by atoms with Crippen LogP contribution >= 0.6 is 0 Å². The van der Waals surface area contributed by atoms with Crippen molar-refractivity contribution in [3.05, 3.63) is 12.1 Å². The van der Waals surface area contributed by atoms with E-state index in [0.29, 0.717) is 19.0 Å². The summed E-state index contributed by atoms with van der Waals surface area (Å²) in [6, 6.07) is 0. The Morgan fingerprint density at radius 1 is 1.38 bits per heavy atom. The molecule has 1 amide bonds. The second-order valence-corrected chi connectivity index (χ2v) is 9.45. The number of amides is 1. The standard InChI is InChI=1S/C22H37FN6O3/c1-3-29(10-16-6-4-15(2)5-7-16)21-19(23)20(26-14-27-21)25-13-22(32)8-9-28(11-17(22)30)12-18(24)31/h14-17,30,32H,3-13H2,1-2H3,(H2,24,31)(H,25,26,27)/t15?,16?,17-,22-/m0/s1. The first-order chi connectivity index (χ1) is 15.2. The highest BCUT2D eigenvalue weighted by atomic mass is 19.1. The van der Waals surface area contributed by atoms with Crippen molar-refractivity contribution in [1.29, 1.82) is 0 Å². The van der Waals surface area contributed by atoms with Gasteiger partial charge in [0.15, 0.2) is 11.6 Å². The van der Waals surface area contributed by atoms with Crippen LogP contribution in [0.15, 0.2) is 6.33 Å². The SMILES string of the molecule is CCN(CC1CCC(C)CC1)c1ncnc(NC[C@@]2(O)CCN(CC(N)=O)C[C@@H]2O)c1F. The number of hydrogen-bond acceptors (Lipinski definition) is 8. The minimum absolute atomic E-state index is 0.00547. The van der Waals surface area contributed by atoms with Crippen LogP contribution in [0.4, 0.5) is 16.0 Å². The molecule has 1 aromatic heterocycles. The summed E-state index contributed by atoms with van der Waals surface area (Å²) in [5.74, 6) is 0.510. The highest BCUT2D eigenvalue weighted by Crippen LogP contribution is 2.31. The molecular weight excluding hydrogens is 415 g/mol. The number of carbonyl (C=O) groups is 1. The lowest BCUT2D eigenvalue weighted by molar-refractivity contribution is -0.127. The van der Waals surface area contributed by atoms with E-state index in [0.717, 1.165) is 25.3 Å². The van der Waals surface area contributed by atoms with E-state index in [1.807, 2.05) is 11.8 Å². The Hall–Kier alpha value is -2.04. The van der Waals surface area contributed by atoms with Gasteiger partial charge in [0.2, 0.25) is 11.7 Å². The molecule has 0 spiro atoms. The number of aliphatic hydroxyl groups is 2. The third-order valence-electron chi connectivity index (χ3n) is 6.92. The number of nitrogens with zero attached hydrogens (tertiary/aromatic N) is 4. The van der Waals surface area contributed by atoms with Crippen LogP contribution in [0, 0.1) is 17.7 Å². The number of likely N-dealkylation sites (tertiary alicyclic amines) is 1. The van der Waals surface area contributed by atoms with Gasteiger partial charge in [0.25, 0.3) is 0 Å². The van der Waals surface area contributed by atoms with E-state index in [-0.39, 0.29) is 37.7 Å². The number of halogens is 1. The van der Waals surface area contributed by atoms with Gasteiger partial charge >= 0.3 is 0 Å². The number of hydrogen-bond donors (Lipinski definition) is 4. The molecule has 0 aromatic carbocycles. The van der Waals surface area contributed by atoms with Crippen molar-refractivity contribution in [3.63, 3.8) is 0 Å². The highest BCUT2D eigenvalue weighted by Gasteiger charge is 2.41. The Bertz CT molecular complexity index is 776. The zero-order valence-electron chi connectivity index (χ0n) is 19.1. The third kappa shape index (κ3) is 6.05. The van der Waals surface area contributed by atoms with E-state index >= 15 is 4.39 Å². The van der Waals surface area contributed by atoms with Crippen LogP contribution in [0.25, 0.3) is 0 Å². The first kappa shape index (κ1) is 24.6. The highest BCUT2D eigenvalue weighted by molar-refractivity contribution is 5.75. The molecule has 5 N–H and O–H groups in total. The minimum atomic E-state index is -1.46. The Labute approximate surface area is 189 Å². The third-order valence-corrected chi connectivity index (χ3v) is 6.92. The Balaban J connectivity index is 1.63. The molecule has 0 bridgehead atoms. The van der Waals surface area contributed by atoms with Crippen LogP contribution in [0.3, 0.4) is 0 Å². The molecule has 1 aromatic rings. The predicted molar refractivity (Wildman–Crippen MR) is 121 cm³/mol. The summed E-state index contributed by atoms with van der Waals surface area (Å²) >= 11 is 0. The molecule has 2 heterocycles. The Kier molecular flexibility index (Phi) is 8.24. The molecule has 2 fully saturated rings. The maximum absolute atomic E-state index is 15.3. The van der Waals surface area contributed by atoms with Gasteiger partial charge in [-0.3, -0.25) is 9.69 Å². The summed E-state index contributed by atoms with van der Waals surface area (Å²) in [6.07, 6.45) is 5.14. The van der Waals surface area contributed by atoms with Gasteiger partial charge in [-0.05, 0) is 38.0 Å². The molecule has 0 unspecified atom stereocenters. The fraction of sp³-hybridized carbons (Fsp3) is 0.773. The summed E-state index contributed by atoms with van der Waals surface area (Å²) in [4.78, 5) is 23.0. The first-order valence-corrected chi connectivity index (χ1v) is 11.6. The lowest BCUT2D eigenvalue weighted by Gasteiger charge is -2.41. The average Bonchev–Trinajstić information content (AvgIpc) is 2.75. The second kappa shape index (κ2) is 10.7. The van der Waals surface area contributed by atoms with Crippen LogP contribution in [-0.4, -0.2) is 82.0 Å². The van der Waals surface area contributed by atoms with E-state index in [9.17, 15) is 15.0 Å². The molecule has 2 aliphatic rings. The largest absolute Gasteiger partial charge is 0.389 e. The molecule has 1 saturated heterocycles. The number of aliphatic hydroxyl groups excluding tert-OH is 1. The van der Waals surface area contributed by atoms with Gasteiger partial charge in [-0.1, -0.05) is 19.8 Å². The molecule has 1 aliphatic carbocycles. The van der Waals surface area contributed by atoms with E-state index in [2.05, 4.69) is 22.2 Å². The van der Waals surface area contributed by atoms with Crippen molar-refractivity contribution < 1.29 is 19.4 Å². The smallest absolute Gasteiger partial charge is 0.231 e. The lowest BCUT2D eigenvalue weighted by atomic mass is 9.83. The number of carbonyl (C=O) groups excluding carboxylic acids is 1. The minimum Gasteiger partial charge on any atom is -0.389 e. The average molecular weight is 453 g/mol. The maximum Gasteiger partial charge on any atom is 0.231 e. The van der Waals surface area contributed by atoms with E-state index in [1.54, 1.807) is 4.90 Å². The van der Waals surface area contributed by atoms with Crippen molar-refractivity contribution >= 4 is 17.5 Å². The van der Waals surface area contributed by atoms with Crippen LogP contribution in [0.1, 0.15) is 46.0 Å².